The first kappa shape index (κ1) is 13.9. The third-order valence-electron chi connectivity index (χ3n) is 4.05. The van der Waals surface area contributed by atoms with Crippen molar-refractivity contribution in [3.8, 4) is 5.75 Å². The summed E-state index contributed by atoms with van der Waals surface area (Å²) in [4.78, 5) is 12.9. The summed E-state index contributed by atoms with van der Waals surface area (Å²) >= 11 is 0. The van der Waals surface area contributed by atoms with Gasteiger partial charge in [0, 0.05) is 19.3 Å². The van der Waals surface area contributed by atoms with Crippen LogP contribution in [-0.2, 0) is 7.05 Å². The van der Waals surface area contributed by atoms with Crippen LogP contribution < -0.4 is 10.1 Å². The molecule has 0 spiro atoms. The van der Waals surface area contributed by atoms with Crippen LogP contribution in [0.5, 0.6) is 5.75 Å². The highest BCUT2D eigenvalue weighted by Gasteiger charge is 2.25. The third kappa shape index (κ3) is 2.47. The zero-order valence-electron chi connectivity index (χ0n) is 12.4. The van der Waals surface area contributed by atoms with Crippen molar-refractivity contribution in [3.05, 3.63) is 35.9 Å². The van der Waals surface area contributed by atoms with Gasteiger partial charge in [0.1, 0.15) is 0 Å². The SMILES string of the molecule is COc1cnn(C)c1C(=O)c1cccn1C1CCNCC1. The number of ether oxygens (including phenoxy) is 1. The van der Waals surface area contributed by atoms with Gasteiger partial charge in [0.25, 0.3) is 0 Å². The van der Waals surface area contributed by atoms with E-state index >= 15 is 0 Å². The van der Waals surface area contributed by atoms with Crippen molar-refractivity contribution in [2.75, 3.05) is 20.2 Å². The number of nitrogens with one attached hydrogen (secondary N) is 1. The van der Waals surface area contributed by atoms with Gasteiger partial charge in [0.05, 0.1) is 19.0 Å². The molecule has 0 atom stereocenters. The van der Waals surface area contributed by atoms with Gasteiger partial charge in [-0.1, -0.05) is 0 Å². The van der Waals surface area contributed by atoms with Gasteiger partial charge < -0.3 is 14.6 Å². The lowest BCUT2D eigenvalue weighted by atomic mass is 10.1. The quantitative estimate of drug-likeness (QED) is 0.864. The van der Waals surface area contributed by atoms with Crippen molar-refractivity contribution < 1.29 is 9.53 Å². The maximum Gasteiger partial charge on any atom is 0.231 e. The Kier molecular flexibility index (Phi) is 3.79. The van der Waals surface area contributed by atoms with Gasteiger partial charge in [-0.3, -0.25) is 9.48 Å². The van der Waals surface area contributed by atoms with E-state index in [0.29, 0.717) is 23.2 Å². The summed E-state index contributed by atoms with van der Waals surface area (Å²) in [5.41, 5.74) is 1.19. The van der Waals surface area contributed by atoms with Gasteiger partial charge in [-0.15, -0.1) is 0 Å². The number of carbonyl (C=O) groups is 1. The van der Waals surface area contributed by atoms with Crippen molar-refractivity contribution in [1.82, 2.24) is 19.7 Å². The van der Waals surface area contributed by atoms with Gasteiger partial charge >= 0.3 is 0 Å². The Bertz CT molecular complexity index is 638. The zero-order valence-corrected chi connectivity index (χ0v) is 12.4. The predicted octanol–water partition coefficient (Wildman–Crippen LogP) is 1.39. The van der Waals surface area contributed by atoms with Gasteiger partial charge in [0.15, 0.2) is 11.4 Å². The Labute approximate surface area is 123 Å². The fourth-order valence-corrected chi connectivity index (χ4v) is 2.94. The number of methoxy groups -OCH3 is 1. The van der Waals surface area contributed by atoms with Crippen LogP contribution in [0.2, 0.25) is 0 Å². The molecule has 1 aliphatic heterocycles. The van der Waals surface area contributed by atoms with E-state index in [0.717, 1.165) is 25.9 Å². The third-order valence-corrected chi connectivity index (χ3v) is 4.05. The van der Waals surface area contributed by atoms with E-state index in [-0.39, 0.29) is 5.78 Å². The van der Waals surface area contributed by atoms with Crippen molar-refractivity contribution in [3.63, 3.8) is 0 Å². The topological polar surface area (TPSA) is 61.1 Å². The van der Waals surface area contributed by atoms with Crippen molar-refractivity contribution in [2.24, 2.45) is 7.05 Å². The molecule has 2 aromatic heterocycles. The minimum atomic E-state index is -0.0459. The molecule has 0 bridgehead atoms. The van der Waals surface area contributed by atoms with E-state index in [4.69, 9.17) is 4.74 Å². The van der Waals surface area contributed by atoms with Crippen LogP contribution in [0, 0.1) is 0 Å². The summed E-state index contributed by atoms with van der Waals surface area (Å²) in [6, 6.07) is 4.17. The highest BCUT2D eigenvalue weighted by molar-refractivity contribution is 6.08. The number of piperidine rings is 1. The maximum absolute atomic E-state index is 12.9. The molecule has 0 unspecified atom stereocenters. The Hall–Kier alpha value is -2.08. The number of carbonyl (C=O) groups excluding carboxylic acids is 1. The lowest BCUT2D eigenvalue weighted by molar-refractivity contribution is 0.101. The summed E-state index contributed by atoms with van der Waals surface area (Å²) in [5.74, 6) is 0.468. The van der Waals surface area contributed by atoms with Crippen molar-refractivity contribution in [1.29, 1.82) is 0 Å². The van der Waals surface area contributed by atoms with E-state index < -0.39 is 0 Å². The van der Waals surface area contributed by atoms with E-state index in [1.165, 1.54) is 0 Å². The molecule has 0 aromatic carbocycles. The number of nitrogens with zero attached hydrogens (tertiary/aromatic N) is 3. The Morgan fingerprint density at radius 2 is 2.19 bits per heavy atom. The summed E-state index contributed by atoms with van der Waals surface area (Å²) in [7, 11) is 3.31. The average molecular weight is 288 g/mol. The predicted molar refractivity (Wildman–Crippen MR) is 78.8 cm³/mol. The van der Waals surface area contributed by atoms with Crippen molar-refractivity contribution in [2.45, 2.75) is 18.9 Å². The number of ketones is 1. The smallest absolute Gasteiger partial charge is 0.231 e. The Morgan fingerprint density at radius 1 is 1.43 bits per heavy atom. The number of aromatic nitrogens is 3. The van der Waals surface area contributed by atoms with Crippen LogP contribution in [0.1, 0.15) is 35.1 Å². The molecule has 1 aliphatic rings. The van der Waals surface area contributed by atoms with E-state index in [2.05, 4.69) is 15.0 Å². The van der Waals surface area contributed by atoms with Crippen LogP contribution >= 0.6 is 0 Å². The van der Waals surface area contributed by atoms with Gasteiger partial charge in [-0.2, -0.15) is 5.10 Å². The van der Waals surface area contributed by atoms with E-state index in [1.807, 2.05) is 18.3 Å². The number of hydrogen-bond donors (Lipinski definition) is 1. The van der Waals surface area contributed by atoms with Crippen LogP contribution in [0.4, 0.5) is 0 Å². The molecule has 1 fully saturated rings. The fourth-order valence-electron chi connectivity index (χ4n) is 2.94. The minimum absolute atomic E-state index is 0.0459. The molecule has 3 rings (SSSR count). The molecule has 6 nitrogen and oxygen atoms in total. The standard InChI is InChI=1S/C15H20N4O2/c1-18-14(13(21-2)10-17-18)15(20)12-4-3-9-19(12)11-5-7-16-8-6-11/h3-4,9-11,16H,5-8H2,1-2H3. The molecule has 0 radical (unpaired) electrons. The molecule has 2 aromatic rings. The maximum atomic E-state index is 12.9. The highest BCUT2D eigenvalue weighted by atomic mass is 16.5. The minimum Gasteiger partial charge on any atom is -0.493 e. The Balaban J connectivity index is 1.95. The normalized spacial score (nSPS) is 16.1. The molecular formula is C15H20N4O2. The molecule has 3 heterocycles. The first-order chi connectivity index (χ1) is 10.2. The number of rotatable bonds is 4. The second kappa shape index (κ2) is 5.73. The van der Waals surface area contributed by atoms with Crippen LogP contribution in [0.15, 0.2) is 24.5 Å². The lowest BCUT2D eigenvalue weighted by Crippen LogP contribution is -2.30. The fraction of sp³-hybridized carbons (Fsp3) is 0.467. The summed E-state index contributed by atoms with van der Waals surface area (Å²) < 4.78 is 8.91. The molecule has 21 heavy (non-hydrogen) atoms. The molecule has 112 valence electrons. The zero-order chi connectivity index (χ0) is 14.8. The largest absolute Gasteiger partial charge is 0.493 e. The molecule has 1 N–H and O–H groups in total. The van der Waals surface area contributed by atoms with Crippen LogP contribution in [0.25, 0.3) is 0 Å². The van der Waals surface area contributed by atoms with E-state index in [9.17, 15) is 4.79 Å². The van der Waals surface area contributed by atoms with Crippen LogP contribution in [-0.4, -0.2) is 40.3 Å². The van der Waals surface area contributed by atoms with Gasteiger partial charge in [-0.25, -0.2) is 0 Å². The second-order valence-electron chi connectivity index (χ2n) is 5.30. The van der Waals surface area contributed by atoms with Crippen molar-refractivity contribution >= 4 is 5.78 Å². The first-order valence-corrected chi connectivity index (χ1v) is 7.20. The molecule has 0 amide bonds. The molecule has 6 heteroatoms. The van der Waals surface area contributed by atoms with Gasteiger partial charge in [-0.05, 0) is 38.1 Å². The molecule has 0 aliphatic carbocycles. The molecule has 0 saturated carbocycles. The van der Waals surface area contributed by atoms with E-state index in [1.54, 1.807) is 25.0 Å². The molecular weight excluding hydrogens is 268 g/mol. The highest BCUT2D eigenvalue weighted by Crippen LogP contribution is 2.25. The number of aryl methyl sites for hydroxylation is 1. The summed E-state index contributed by atoms with van der Waals surface area (Å²) in [5, 5.41) is 7.46. The summed E-state index contributed by atoms with van der Waals surface area (Å²) in [6.07, 6.45) is 5.64. The first-order valence-electron chi connectivity index (χ1n) is 7.20. The Morgan fingerprint density at radius 3 is 2.90 bits per heavy atom. The monoisotopic (exact) mass is 288 g/mol. The summed E-state index contributed by atoms with van der Waals surface area (Å²) in [6.45, 7) is 1.98. The lowest BCUT2D eigenvalue weighted by Gasteiger charge is -2.25. The molecule has 1 saturated heterocycles. The second-order valence-corrected chi connectivity index (χ2v) is 5.30. The van der Waals surface area contributed by atoms with Crippen LogP contribution in [0.3, 0.4) is 0 Å². The van der Waals surface area contributed by atoms with Gasteiger partial charge in [0.2, 0.25) is 5.78 Å². The number of hydrogen-bond acceptors (Lipinski definition) is 4. The average Bonchev–Trinajstić information content (AvgIpc) is 3.14.